The topological polar surface area (TPSA) is 59.3 Å². The summed E-state index contributed by atoms with van der Waals surface area (Å²) in [7, 11) is 0. The summed E-state index contributed by atoms with van der Waals surface area (Å²) in [6.07, 6.45) is 10.9. The van der Waals surface area contributed by atoms with Crippen LogP contribution in [0.2, 0.25) is 0 Å². The minimum Gasteiger partial charge on any atom is -0.493 e. The van der Waals surface area contributed by atoms with Crippen LogP contribution in [-0.4, -0.2) is 15.5 Å². The molecule has 0 radical (unpaired) electrons. The lowest BCUT2D eigenvalue weighted by molar-refractivity contribution is 0.104. The fourth-order valence-electron chi connectivity index (χ4n) is 4.15. The summed E-state index contributed by atoms with van der Waals surface area (Å²) in [5, 5.41) is 10.7. The molecule has 0 bridgehead atoms. The molecule has 0 atom stereocenters. The van der Waals surface area contributed by atoms with Gasteiger partial charge in [0.2, 0.25) is 5.88 Å². The largest absolute Gasteiger partial charge is 0.493 e. The summed E-state index contributed by atoms with van der Waals surface area (Å²) in [5.41, 5.74) is 2.37. The zero-order valence-electron chi connectivity index (χ0n) is 15.4. The number of rotatable bonds is 3. The predicted octanol–water partition coefficient (Wildman–Crippen LogP) is 4.88. The lowest BCUT2D eigenvalue weighted by Crippen LogP contribution is -2.29. The second-order valence-electron chi connectivity index (χ2n) is 7.86. The van der Waals surface area contributed by atoms with Crippen molar-refractivity contribution in [2.75, 3.05) is 0 Å². The minimum atomic E-state index is -0.129. The summed E-state index contributed by atoms with van der Waals surface area (Å²) in [4.78, 5) is 25.0. The maximum Gasteiger partial charge on any atom is 0.310 e. The van der Waals surface area contributed by atoms with Gasteiger partial charge in [-0.2, -0.15) is 0 Å². The molecule has 140 valence electrons. The third-order valence-electron chi connectivity index (χ3n) is 5.70. The van der Waals surface area contributed by atoms with Crippen LogP contribution < -0.4 is 4.87 Å². The van der Waals surface area contributed by atoms with Crippen molar-refractivity contribution in [2.45, 2.75) is 45.6 Å². The van der Waals surface area contributed by atoms with Crippen LogP contribution in [0.1, 0.15) is 59.8 Å². The van der Waals surface area contributed by atoms with E-state index in [9.17, 15) is 14.7 Å². The third-order valence-corrected chi connectivity index (χ3v) is 6.61. The first-order valence-electron chi connectivity index (χ1n) is 9.43. The van der Waals surface area contributed by atoms with Crippen molar-refractivity contribution in [1.82, 2.24) is 4.57 Å². The van der Waals surface area contributed by atoms with Gasteiger partial charge < -0.3 is 5.11 Å². The highest BCUT2D eigenvalue weighted by atomic mass is 32.1. The maximum atomic E-state index is 12.5. The molecule has 4 rings (SSSR count). The Balaban J connectivity index is 1.70. The Kier molecular flexibility index (Phi) is 4.64. The summed E-state index contributed by atoms with van der Waals surface area (Å²) >= 11 is 1.06. The van der Waals surface area contributed by atoms with Crippen LogP contribution in [0.15, 0.2) is 41.2 Å². The molecule has 2 aliphatic rings. The quantitative estimate of drug-likeness (QED) is 0.824. The van der Waals surface area contributed by atoms with Gasteiger partial charge in [-0.15, -0.1) is 0 Å². The monoisotopic (exact) mass is 381 g/mol. The average molecular weight is 381 g/mol. The van der Waals surface area contributed by atoms with Gasteiger partial charge in [-0.25, -0.2) is 0 Å². The Hall–Kier alpha value is -2.40. The number of carbonyl (C=O) groups is 1. The molecule has 0 aliphatic heterocycles. The molecule has 1 heterocycles. The Bertz CT molecular complexity index is 1000. The van der Waals surface area contributed by atoms with Gasteiger partial charge in [0, 0.05) is 12.1 Å². The van der Waals surface area contributed by atoms with E-state index in [1.807, 2.05) is 24.3 Å². The number of aromatic nitrogens is 1. The van der Waals surface area contributed by atoms with Crippen LogP contribution in [-0.2, 0) is 6.54 Å². The third kappa shape index (κ3) is 3.44. The number of nitrogens with zero attached hydrogens (tertiary/aromatic N) is 1. The first-order chi connectivity index (χ1) is 13.0. The van der Waals surface area contributed by atoms with E-state index in [4.69, 9.17) is 0 Å². The smallest absolute Gasteiger partial charge is 0.310 e. The minimum absolute atomic E-state index is 0.0250. The zero-order chi connectivity index (χ0) is 19.0. The summed E-state index contributed by atoms with van der Waals surface area (Å²) in [6, 6.07) is 7.41. The molecule has 1 saturated carbocycles. The number of benzene rings is 1. The van der Waals surface area contributed by atoms with E-state index in [1.54, 1.807) is 12.1 Å². The Morgan fingerprint density at radius 1 is 1.11 bits per heavy atom. The lowest BCUT2D eigenvalue weighted by atomic mass is 9.75. The van der Waals surface area contributed by atoms with Gasteiger partial charge in [-0.1, -0.05) is 67.9 Å². The standard InChI is InChI=1S/C22H23NO3S/c1-22(11-5-2-6-12-22)14-23-20(25)19(27-21(23)26)13-15-9-10-18(24)17-8-4-3-7-16(15)17/h3-4,7-10,13,25H,2,5-6,11-12,14H2,1H3/b15-13+. The molecular weight excluding hydrogens is 358 g/mol. The fourth-order valence-corrected chi connectivity index (χ4v) is 4.99. The second-order valence-corrected chi connectivity index (χ2v) is 8.85. The normalized spacial score (nSPS) is 20.0. The summed E-state index contributed by atoms with van der Waals surface area (Å²) < 4.78 is 1.52. The molecule has 0 unspecified atom stereocenters. The lowest BCUT2D eigenvalue weighted by Gasteiger charge is -2.33. The Labute approximate surface area is 162 Å². The second kappa shape index (κ2) is 6.97. The molecule has 0 saturated heterocycles. The molecule has 2 aromatic rings. The molecule has 4 nitrogen and oxygen atoms in total. The van der Waals surface area contributed by atoms with Crippen LogP contribution in [0, 0.1) is 5.41 Å². The van der Waals surface area contributed by atoms with Crippen LogP contribution in [0.25, 0.3) is 11.6 Å². The number of ketones is 1. The molecule has 2 aliphatic carbocycles. The van der Waals surface area contributed by atoms with Gasteiger partial charge >= 0.3 is 4.87 Å². The first kappa shape index (κ1) is 18.0. The van der Waals surface area contributed by atoms with E-state index in [0.717, 1.165) is 35.3 Å². The molecule has 1 aromatic carbocycles. The molecule has 0 amide bonds. The van der Waals surface area contributed by atoms with Crippen LogP contribution >= 0.6 is 11.3 Å². The van der Waals surface area contributed by atoms with E-state index in [2.05, 4.69) is 6.92 Å². The van der Waals surface area contributed by atoms with E-state index < -0.39 is 0 Å². The summed E-state index contributed by atoms with van der Waals surface area (Å²) in [6.45, 7) is 2.77. The van der Waals surface area contributed by atoms with Crippen LogP contribution in [0.4, 0.5) is 0 Å². The van der Waals surface area contributed by atoms with Crippen LogP contribution in [0.5, 0.6) is 5.88 Å². The van der Waals surface area contributed by atoms with Gasteiger partial charge in [0.05, 0.1) is 4.88 Å². The fraction of sp³-hybridized carbons (Fsp3) is 0.364. The molecular formula is C22H23NO3S. The number of hydrogen-bond acceptors (Lipinski definition) is 4. The van der Waals surface area contributed by atoms with Crippen molar-refractivity contribution in [3.05, 3.63) is 62.1 Å². The van der Waals surface area contributed by atoms with E-state index >= 15 is 0 Å². The van der Waals surface area contributed by atoms with Crippen molar-refractivity contribution < 1.29 is 9.90 Å². The molecule has 5 heteroatoms. The van der Waals surface area contributed by atoms with Gasteiger partial charge in [-0.3, -0.25) is 14.2 Å². The van der Waals surface area contributed by atoms with Crippen molar-refractivity contribution in [3.8, 4) is 5.88 Å². The SMILES string of the molecule is CC1(Cn2c(O)c(/C=C3\C=CC(=O)c4ccccc43)sc2=O)CCCCC1. The highest BCUT2D eigenvalue weighted by Crippen LogP contribution is 2.39. The average Bonchev–Trinajstić information content (AvgIpc) is 2.92. The Morgan fingerprint density at radius 2 is 1.81 bits per heavy atom. The zero-order valence-corrected chi connectivity index (χ0v) is 16.2. The summed E-state index contributed by atoms with van der Waals surface area (Å²) in [5.74, 6) is 0.00929. The van der Waals surface area contributed by atoms with E-state index in [0.29, 0.717) is 17.0 Å². The first-order valence-corrected chi connectivity index (χ1v) is 10.2. The van der Waals surface area contributed by atoms with Crippen molar-refractivity contribution in [2.24, 2.45) is 5.41 Å². The van der Waals surface area contributed by atoms with Crippen molar-refractivity contribution in [3.63, 3.8) is 0 Å². The number of thiazole rings is 1. The molecule has 1 N–H and O–H groups in total. The number of aromatic hydroxyl groups is 1. The van der Waals surface area contributed by atoms with Gasteiger partial charge in [0.15, 0.2) is 5.78 Å². The molecule has 27 heavy (non-hydrogen) atoms. The van der Waals surface area contributed by atoms with Gasteiger partial charge in [-0.05, 0) is 41.5 Å². The van der Waals surface area contributed by atoms with Crippen molar-refractivity contribution in [1.29, 1.82) is 0 Å². The molecule has 1 fully saturated rings. The van der Waals surface area contributed by atoms with Crippen molar-refractivity contribution >= 4 is 28.8 Å². The van der Waals surface area contributed by atoms with Crippen LogP contribution in [0.3, 0.4) is 0 Å². The predicted molar refractivity (Wildman–Crippen MR) is 109 cm³/mol. The highest BCUT2D eigenvalue weighted by Gasteiger charge is 2.29. The van der Waals surface area contributed by atoms with Gasteiger partial charge in [0.1, 0.15) is 0 Å². The number of allylic oxidation sites excluding steroid dienone is 3. The number of carbonyl (C=O) groups excluding carboxylic acids is 1. The number of hydrogen-bond donors (Lipinski definition) is 1. The molecule has 1 aromatic heterocycles. The Morgan fingerprint density at radius 3 is 2.56 bits per heavy atom. The van der Waals surface area contributed by atoms with E-state index in [1.165, 1.54) is 29.9 Å². The molecule has 0 spiro atoms. The highest BCUT2D eigenvalue weighted by molar-refractivity contribution is 7.10. The van der Waals surface area contributed by atoms with Gasteiger partial charge in [0.25, 0.3) is 0 Å². The van der Waals surface area contributed by atoms with E-state index in [-0.39, 0.29) is 22.0 Å². The maximum absolute atomic E-state index is 12.5. The number of fused-ring (bicyclic) bond motifs is 1.